The van der Waals surface area contributed by atoms with Gasteiger partial charge in [-0.2, -0.15) is 5.10 Å². The van der Waals surface area contributed by atoms with E-state index in [1.807, 2.05) is 4.68 Å². The molecule has 0 bridgehead atoms. The zero-order valence-electron chi connectivity index (χ0n) is 9.79. The van der Waals surface area contributed by atoms with Gasteiger partial charge in [-0.1, -0.05) is 0 Å². The second kappa shape index (κ2) is 4.39. The SMILES string of the molecule is Nc1nn(-c2ccc(F)cc2Br)c2c1CCCC2. The molecule has 0 radical (unpaired) electrons. The van der Waals surface area contributed by atoms with Crippen LogP contribution in [0.5, 0.6) is 0 Å². The lowest BCUT2D eigenvalue weighted by atomic mass is 9.97. The van der Waals surface area contributed by atoms with Crippen molar-refractivity contribution in [2.24, 2.45) is 0 Å². The number of anilines is 1. The first-order valence-electron chi connectivity index (χ1n) is 5.98. The highest BCUT2D eigenvalue weighted by atomic mass is 79.9. The second-order valence-corrected chi connectivity index (χ2v) is 5.38. The molecule has 3 rings (SSSR count). The minimum Gasteiger partial charge on any atom is -0.382 e. The van der Waals surface area contributed by atoms with Gasteiger partial charge in [0.2, 0.25) is 0 Å². The molecule has 1 aromatic carbocycles. The van der Waals surface area contributed by atoms with E-state index in [0.29, 0.717) is 10.3 Å². The summed E-state index contributed by atoms with van der Waals surface area (Å²) >= 11 is 3.38. The molecule has 1 aromatic heterocycles. The Labute approximate surface area is 113 Å². The van der Waals surface area contributed by atoms with Gasteiger partial charge in [-0.05, 0) is 59.8 Å². The normalized spacial score (nSPS) is 14.6. The Morgan fingerprint density at radius 1 is 1.28 bits per heavy atom. The van der Waals surface area contributed by atoms with Crippen LogP contribution < -0.4 is 5.73 Å². The number of halogens is 2. The largest absolute Gasteiger partial charge is 0.382 e. The molecular formula is C13H13BrFN3. The van der Waals surface area contributed by atoms with Crippen molar-refractivity contribution in [2.75, 3.05) is 5.73 Å². The summed E-state index contributed by atoms with van der Waals surface area (Å²) in [6, 6.07) is 4.61. The lowest BCUT2D eigenvalue weighted by Gasteiger charge is -2.14. The maximum Gasteiger partial charge on any atom is 0.149 e. The van der Waals surface area contributed by atoms with Crippen molar-refractivity contribution in [2.45, 2.75) is 25.7 Å². The maximum absolute atomic E-state index is 13.1. The Kier molecular flexibility index (Phi) is 2.86. The molecule has 1 heterocycles. The third-order valence-electron chi connectivity index (χ3n) is 3.35. The minimum absolute atomic E-state index is 0.264. The molecule has 94 valence electrons. The topological polar surface area (TPSA) is 43.8 Å². The van der Waals surface area contributed by atoms with Crippen LogP contribution in [0, 0.1) is 5.82 Å². The Bertz CT molecular complexity index is 607. The molecule has 0 atom stereocenters. The lowest BCUT2D eigenvalue weighted by Crippen LogP contribution is -2.08. The molecule has 2 aromatic rings. The summed E-state index contributed by atoms with van der Waals surface area (Å²) < 4.78 is 15.7. The number of rotatable bonds is 1. The summed E-state index contributed by atoms with van der Waals surface area (Å²) in [4.78, 5) is 0. The van der Waals surface area contributed by atoms with E-state index in [9.17, 15) is 4.39 Å². The van der Waals surface area contributed by atoms with Gasteiger partial charge in [-0.15, -0.1) is 0 Å². The molecule has 0 amide bonds. The molecule has 3 nitrogen and oxygen atoms in total. The first kappa shape index (κ1) is 11.7. The summed E-state index contributed by atoms with van der Waals surface area (Å²) in [5, 5.41) is 4.39. The van der Waals surface area contributed by atoms with E-state index in [4.69, 9.17) is 5.73 Å². The van der Waals surface area contributed by atoms with E-state index in [-0.39, 0.29) is 5.82 Å². The van der Waals surface area contributed by atoms with Gasteiger partial charge in [0.1, 0.15) is 11.6 Å². The van der Waals surface area contributed by atoms with Crippen molar-refractivity contribution in [3.63, 3.8) is 0 Å². The Balaban J connectivity index is 2.17. The fourth-order valence-electron chi connectivity index (χ4n) is 2.48. The van der Waals surface area contributed by atoms with Crippen LogP contribution in [-0.4, -0.2) is 9.78 Å². The predicted octanol–water partition coefficient (Wildman–Crippen LogP) is 3.23. The van der Waals surface area contributed by atoms with Gasteiger partial charge in [0, 0.05) is 15.7 Å². The lowest BCUT2D eigenvalue weighted by molar-refractivity contribution is 0.624. The van der Waals surface area contributed by atoms with E-state index in [0.717, 1.165) is 42.6 Å². The quantitative estimate of drug-likeness (QED) is 0.879. The van der Waals surface area contributed by atoms with Crippen molar-refractivity contribution in [3.05, 3.63) is 39.7 Å². The van der Waals surface area contributed by atoms with Gasteiger partial charge in [0.25, 0.3) is 0 Å². The summed E-state index contributed by atoms with van der Waals surface area (Å²) in [6.45, 7) is 0. The molecule has 0 saturated heterocycles. The number of nitrogen functional groups attached to an aromatic ring is 1. The van der Waals surface area contributed by atoms with Crippen LogP contribution in [0.1, 0.15) is 24.1 Å². The standard InChI is InChI=1S/C13H13BrFN3/c14-10-7-8(15)5-6-12(10)18-11-4-2-1-3-9(11)13(16)17-18/h5-7H,1-4H2,(H2,16,17). The van der Waals surface area contributed by atoms with Crippen molar-refractivity contribution in [1.82, 2.24) is 9.78 Å². The number of aromatic nitrogens is 2. The van der Waals surface area contributed by atoms with E-state index < -0.39 is 0 Å². The number of nitrogens with two attached hydrogens (primary N) is 1. The maximum atomic E-state index is 13.1. The fraction of sp³-hybridized carbons (Fsp3) is 0.308. The number of nitrogens with zero attached hydrogens (tertiary/aromatic N) is 2. The molecule has 1 aliphatic rings. The number of hydrogen-bond donors (Lipinski definition) is 1. The highest BCUT2D eigenvalue weighted by Crippen LogP contribution is 2.30. The van der Waals surface area contributed by atoms with Crippen LogP contribution >= 0.6 is 15.9 Å². The molecular weight excluding hydrogens is 297 g/mol. The van der Waals surface area contributed by atoms with Gasteiger partial charge >= 0.3 is 0 Å². The van der Waals surface area contributed by atoms with Crippen molar-refractivity contribution >= 4 is 21.7 Å². The Hall–Kier alpha value is -1.36. The molecule has 0 saturated carbocycles. The average molecular weight is 310 g/mol. The first-order chi connectivity index (χ1) is 8.66. The van der Waals surface area contributed by atoms with E-state index in [1.54, 1.807) is 6.07 Å². The van der Waals surface area contributed by atoms with Gasteiger partial charge in [-0.3, -0.25) is 0 Å². The number of benzene rings is 1. The summed E-state index contributed by atoms with van der Waals surface area (Å²) in [7, 11) is 0. The minimum atomic E-state index is -0.264. The van der Waals surface area contributed by atoms with Gasteiger partial charge in [-0.25, -0.2) is 9.07 Å². The van der Waals surface area contributed by atoms with E-state index in [1.165, 1.54) is 12.1 Å². The van der Waals surface area contributed by atoms with Crippen LogP contribution in [0.2, 0.25) is 0 Å². The molecule has 0 spiro atoms. The smallest absolute Gasteiger partial charge is 0.149 e. The third kappa shape index (κ3) is 1.82. The number of fused-ring (bicyclic) bond motifs is 1. The zero-order chi connectivity index (χ0) is 12.7. The molecule has 0 fully saturated rings. The number of hydrogen-bond acceptors (Lipinski definition) is 2. The van der Waals surface area contributed by atoms with Crippen molar-refractivity contribution in [1.29, 1.82) is 0 Å². The molecule has 2 N–H and O–H groups in total. The predicted molar refractivity (Wildman–Crippen MR) is 72.3 cm³/mol. The Morgan fingerprint density at radius 2 is 2.06 bits per heavy atom. The van der Waals surface area contributed by atoms with Gasteiger partial charge < -0.3 is 5.73 Å². The van der Waals surface area contributed by atoms with Crippen molar-refractivity contribution in [3.8, 4) is 5.69 Å². The van der Waals surface area contributed by atoms with Crippen LogP contribution in [0.15, 0.2) is 22.7 Å². The van der Waals surface area contributed by atoms with Crippen molar-refractivity contribution < 1.29 is 4.39 Å². The third-order valence-corrected chi connectivity index (χ3v) is 3.98. The fourth-order valence-corrected chi connectivity index (χ4v) is 3.00. The van der Waals surface area contributed by atoms with Crippen LogP contribution in [0.3, 0.4) is 0 Å². The van der Waals surface area contributed by atoms with Gasteiger partial charge in [0.05, 0.1) is 5.69 Å². The Morgan fingerprint density at radius 3 is 2.83 bits per heavy atom. The van der Waals surface area contributed by atoms with Crippen LogP contribution in [0.4, 0.5) is 10.2 Å². The zero-order valence-corrected chi connectivity index (χ0v) is 11.4. The molecule has 5 heteroatoms. The average Bonchev–Trinajstić information content (AvgIpc) is 2.68. The molecule has 0 aliphatic heterocycles. The first-order valence-corrected chi connectivity index (χ1v) is 6.78. The second-order valence-electron chi connectivity index (χ2n) is 4.53. The van der Waals surface area contributed by atoms with E-state index >= 15 is 0 Å². The highest BCUT2D eigenvalue weighted by molar-refractivity contribution is 9.10. The van der Waals surface area contributed by atoms with Crippen LogP contribution in [0.25, 0.3) is 5.69 Å². The summed E-state index contributed by atoms with van der Waals surface area (Å²) in [5.41, 5.74) is 9.11. The molecule has 0 unspecified atom stereocenters. The highest BCUT2D eigenvalue weighted by Gasteiger charge is 2.20. The van der Waals surface area contributed by atoms with Gasteiger partial charge in [0.15, 0.2) is 0 Å². The monoisotopic (exact) mass is 309 g/mol. The molecule has 18 heavy (non-hydrogen) atoms. The summed E-state index contributed by atoms with van der Waals surface area (Å²) in [6.07, 6.45) is 4.27. The molecule has 1 aliphatic carbocycles. The van der Waals surface area contributed by atoms with Crippen LogP contribution in [-0.2, 0) is 12.8 Å². The summed E-state index contributed by atoms with van der Waals surface area (Å²) in [5.74, 6) is 0.334. The van der Waals surface area contributed by atoms with E-state index in [2.05, 4.69) is 21.0 Å².